The lowest BCUT2D eigenvalue weighted by molar-refractivity contribution is -0.208. The number of ether oxygens (including phenoxy) is 2. The number of carbonyl (C=O) groups excluding carboxylic acids is 2. The van der Waals surface area contributed by atoms with Gasteiger partial charge in [-0.05, 0) is 81.2 Å². The Balaban J connectivity index is 1.71. The van der Waals surface area contributed by atoms with Crippen molar-refractivity contribution in [1.82, 2.24) is 4.90 Å². The number of likely N-dealkylation sites (N-methyl/N-ethyl adjacent to an activating group) is 1. The maximum absolute atomic E-state index is 13.9. The molecule has 5 aliphatic rings. The van der Waals surface area contributed by atoms with Crippen LogP contribution < -0.4 is 4.74 Å². The Morgan fingerprint density at radius 1 is 1.25 bits per heavy atom. The maximum Gasteiger partial charge on any atom is 0.321 e. The summed E-state index contributed by atoms with van der Waals surface area (Å²) in [4.78, 5) is 29.9. The first-order chi connectivity index (χ1) is 15.3. The third kappa shape index (κ3) is 2.51. The number of esters is 1. The average Bonchev–Trinajstić information content (AvgIpc) is 3.21. The van der Waals surface area contributed by atoms with Crippen LogP contribution in [-0.4, -0.2) is 54.8 Å². The molecule has 6 atom stereocenters. The summed E-state index contributed by atoms with van der Waals surface area (Å²) in [6.07, 6.45) is 6.25. The Morgan fingerprint density at radius 3 is 2.72 bits per heavy atom. The van der Waals surface area contributed by atoms with Crippen LogP contribution in [0, 0.1) is 10.8 Å². The topological polar surface area (TPSA) is 55.8 Å². The zero-order valence-corrected chi connectivity index (χ0v) is 20.5. The van der Waals surface area contributed by atoms with Crippen molar-refractivity contribution in [3.8, 4) is 5.75 Å². The van der Waals surface area contributed by atoms with Gasteiger partial charge in [-0.1, -0.05) is 19.4 Å². The number of rotatable bonds is 6. The molecule has 4 fully saturated rings. The van der Waals surface area contributed by atoms with Crippen LogP contribution in [-0.2, 0) is 26.2 Å². The average molecular weight is 458 g/mol. The monoisotopic (exact) mass is 457 g/mol. The van der Waals surface area contributed by atoms with Crippen molar-refractivity contribution in [2.24, 2.45) is 10.8 Å². The number of carbonyl (C=O) groups is 2. The zero-order chi connectivity index (χ0) is 22.9. The molecule has 3 aliphatic carbocycles. The molecule has 2 heterocycles. The van der Waals surface area contributed by atoms with Gasteiger partial charge in [0.1, 0.15) is 11.2 Å². The number of methoxy groups -OCH3 is 1. The fourth-order valence-electron chi connectivity index (χ4n) is 8.25. The van der Waals surface area contributed by atoms with Crippen molar-refractivity contribution in [3.63, 3.8) is 0 Å². The highest BCUT2D eigenvalue weighted by molar-refractivity contribution is 7.81. The van der Waals surface area contributed by atoms with E-state index >= 15 is 0 Å². The van der Waals surface area contributed by atoms with Crippen LogP contribution in [0.4, 0.5) is 0 Å². The van der Waals surface area contributed by atoms with Crippen LogP contribution in [0.1, 0.15) is 63.5 Å². The molecule has 4 unspecified atom stereocenters. The maximum atomic E-state index is 13.9. The predicted octanol–water partition coefficient (Wildman–Crippen LogP) is 3.96. The van der Waals surface area contributed by atoms with E-state index < -0.39 is 10.7 Å². The van der Waals surface area contributed by atoms with E-state index in [1.54, 1.807) is 7.11 Å². The van der Waals surface area contributed by atoms with Crippen molar-refractivity contribution >= 4 is 24.4 Å². The Bertz CT molecular complexity index is 965. The van der Waals surface area contributed by atoms with Crippen LogP contribution in [0.2, 0.25) is 0 Å². The van der Waals surface area contributed by atoms with E-state index in [0.29, 0.717) is 18.9 Å². The molecule has 0 aromatic heterocycles. The van der Waals surface area contributed by atoms with E-state index in [0.717, 1.165) is 37.9 Å². The number of piperidine rings is 2. The smallest absolute Gasteiger partial charge is 0.321 e. The van der Waals surface area contributed by atoms with Crippen LogP contribution in [0.15, 0.2) is 18.2 Å². The zero-order valence-electron chi connectivity index (χ0n) is 19.6. The molecule has 0 N–H and O–H groups in total. The molecule has 1 aromatic carbocycles. The molecule has 2 saturated heterocycles. The van der Waals surface area contributed by atoms with E-state index in [1.807, 2.05) is 13.8 Å². The molecular formula is C26H35NO4S. The molecule has 1 aromatic rings. The van der Waals surface area contributed by atoms with E-state index in [9.17, 15) is 9.59 Å². The van der Waals surface area contributed by atoms with Gasteiger partial charge in [-0.25, -0.2) is 0 Å². The van der Waals surface area contributed by atoms with E-state index in [1.165, 1.54) is 11.1 Å². The van der Waals surface area contributed by atoms with Gasteiger partial charge in [0, 0.05) is 17.5 Å². The van der Waals surface area contributed by atoms with Crippen LogP contribution in [0.3, 0.4) is 0 Å². The molecule has 174 valence electrons. The molecule has 32 heavy (non-hydrogen) atoms. The quantitative estimate of drug-likeness (QED) is 0.398. The van der Waals surface area contributed by atoms with Crippen LogP contribution in [0.5, 0.6) is 5.75 Å². The minimum Gasteiger partial charge on any atom is -0.497 e. The van der Waals surface area contributed by atoms with Gasteiger partial charge in [-0.2, -0.15) is 12.6 Å². The molecule has 6 rings (SSSR count). The second-order valence-corrected chi connectivity index (χ2v) is 11.0. The van der Waals surface area contributed by atoms with Crippen molar-refractivity contribution in [2.75, 3.05) is 20.8 Å². The lowest BCUT2D eigenvalue weighted by atomic mass is 9.39. The SMILES string of the molecule is CCOC(=O)C1(C(=O)C(S)CC)C[C@]23CCC[C@]24CC1N(C)C3Cc1ccc(OC)cc14. The fraction of sp³-hybridized carbons (Fsp3) is 0.692. The first-order valence-electron chi connectivity index (χ1n) is 12.1. The third-order valence-electron chi connectivity index (χ3n) is 9.52. The summed E-state index contributed by atoms with van der Waals surface area (Å²) in [5.74, 6) is 0.519. The Labute approximate surface area is 196 Å². The van der Waals surface area contributed by atoms with Gasteiger partial charge in [0.15, 0.2) is 5.78 Å². The highest BCUT2D eigenvalue weighted by Gasteiger charge is 2.77. The van der Waals surface area contributed by atoms with Crippen molar-refractivity contribution in [3.05, 3.63) is 29.3 Å². The minimum absolute atomic E-state index is 0.00838. The van der Waals surface area contributed by atoms with Gasteiger partial charge in [0.2, 0.25) is 0 Å². The summed E-state index contributed by atoms with van der Waals surface area (Å²) in [5, 5.41) is -0.451. The fourth-order valence-corrected chi connectivity index (χ4v) is 8.48. The number of benzene rings is 1. The summed E-state index contributed by atoms with van der Waals surface area (Å²) in [7, 11) is 3.85. The highest BCUT2D eigenvalue weighted by atomic mass is 32.1. The van der Waals surface area contributed by atoms with Gasteiger partial charge in [-0.3, -0.25) is 14.5 Å². The Hall–Kier alpha value is -1.53. The van der Waals surface area contributed by atoms with Gasteiger partial charge < -0.3 is 9.47 Å². The van der Waals surface area contributed by atoms with Gasteiger partial charge in [0.05, 0.1) is 19.0 Å². The van der Waals surface area contributed by atoms with E-state index in [4.69, 9.17) is 9.47 Å². The Morgan fingerprint density at radius 2 is 2.03 bits per heavy atom. The summed E-state index contributed by atoms with van der Waals surface area (Å²) >= 11 is 4.63. The van der Waals surface area contributed by atoms with Gasteiger partial charge in [-0.15, -0.1) is 0 Å². The summed E-state index contributed by atoms with van der Waals surface area (Å²) in [6, 6.07) is 6.70. The van der Waals surface area contributed by atoms with Crippen molar-refractivity contribution < 1.29 is 19.1 Å². The number of nitrogens with zero attached hydrogens (tertiary/aromatic N) is 1. The van der Waals surface area contributed by atoms with Crippen molar-refractivity contribution in [2.45, 2.75) is 81.5 Å². The lowest BCUT2D eigenvalue weighted by Gasteiger charge is -2.71. The molecule has 0 amide bonds. The van der Waals surface area contributed by atoms with Crippen molar-refractivity contribution in [1.29, 1.82) is 0 Å². The second kappa shape index (κ2) is 7.49. The lowest BCUT2D eigenvalue weighted by Crippen LogP contribution is -2.78. The number of hydrogen-bond donors (Lipinski definition) is 1. The van der Waals surface area contributed by atoms with Gasteiger partial charge in [0.25, 0.3) is 0 Å². The first-order valence-corrected chi connectivity index (χ1v) is 12.6. The highest BCUT2D eigenvalue weighted by Crippen LogP contribution is 2.74. The minimum atomic E-state index is -1.13. The number of hydrogen-bond acceptors (Lipinski definition) is 6. The molecule has 4 bridgehead atoms. The summed E-state index contributed by atoms with van der Waals surface area (Å²) in [5.41, 5.74) is 1.54. The largest absolute Gasteiger partial charge is 0.497 e. The normalized spacial score (nSPS) is 38.0. The molecular weight excluding hydrogens is 422 g/mol. The van der Waals surface area contributed by atoms with Crippen LogP contribution >= 0.6 is 12.6 Å². The number of ketones is 1. The first kappa shape index (κ1) is 22.3. The predicted molar refractivity (Wildman–Crippen MR) is 126 cm³/mol. The summed E-state index contributed by atoms with van der Waals surface area (Å²) < 4.78 is 11.2. The standard InChI is InChI=1S/C26H35NO4S/c1-5-19(32)22(28)26(23(29)31-6-2)15-25-11-7-10-24(25)14-21(26)27(3)20(25)12-16-8-9-17(30-4)13-18(16)24/h8-9,13,19-21,32H,5-7,10-12,14-15H2,1-4H3/t19?,20?,21?,24-,25+,26?/m1/s1. The van der Waals surface area contributed by atoms with E-state index in [-0.39, 0.29) is 35.2 Å². The third-order valence-corrected chi connectivity index (χ3v) is 10.1. The number of fused-ring (bicyclic) bond motifs is 2. The molecule has 1 spiro atoms. The van der Waals surface area contributed by atoms with Crippen LogP contribution in [0.25, 0.3) is 0 Å². The summed E-state index contributed by atoms with van der Waals surface area (Å²) in [6.45, 7) is 4.08. The Kier molecular flexibility index (Phi) is 5.21. The number of thiol groups is 1. The molecule has 2 saturated carbocycles. The van der Waals surface area contributed by atoms with Gasteiger partial charge >= 0.3 is 5.97 Å². The molecule has 5 nitrogen and oxygen atoms in total. The van der Waals surface area contributed by atoms with E-state index in [2.05, 4.69) is 42.8 Å². The molecule has 2 aliphatic heterocycles. The second-order valence-electron chi connectivity index (χ2n) is 10.4. The molecule has 6 heteroatoms. The molecule has 0 radical (unpaired) electrons. The number of Topliss-reactive ketones (excluding diaryl/α,β-unsaturated/α-hetero) is 1.